The molecule has 0 unspecified atom stereocenters. The van der Waals surface area contributed by atoms with Crippen molar-refractivity contribution in [3.05, 3.63) is 39.9 Å². The SMILES string of the molecule is COc1ccc([C@@H](C[N+](=O)[O-])[C@H](C=O)C(C)C)cc1. The Kier molecular flexibility index (Phi) is 5.48. The molecule has 1 aromatic rings. The number of benzene rings is 1. The Morgan fingerprint density at radius 1 is 1.32 bits per heavy atom. The first-order valence-electron chi connectivity index (χ1n) is 6.20. The molecule has 0 bridgehead atoms. The molecule has 5 nitrogen and oxygen atoms in total. The van der Waals surface area contributed by atoms with E-state index in [1.54, 1.807) is 31.4 Å². The van der Waals surface area contributed by atoms with Gasteiger partial charge in [-0.15, -0.1) is 0 Å². The molecule has 0 saturated carbocycles. The number of hydrogen-bond acceptors (Lipinski definition) is 4. The Balaban J connectivity index is 3.06. The molecule has 0 heterocycles. The molecular formula is C14H19NO4. The molecule has 1 rings (SSSR count). The van der Waals surface area contributed by atoms with Gasteiger partial charge in [-0.05, 0) is 23.6 Å². The summed E-state index contributed by atoms with van der Waals surface area (Å²) in [5, 5.41) is 10.8. The number of nitrogens with zero attached hydrogens (tertiary/aromatic N) is 1. The summed E-state index contributed by atoms with van der Waals surface area (Å²) < 4.78 is 5.06. The van der Waals surface area contributed by atoms with Gasteiger partial charge in [-0.3, -0.25) is 10.1 Å². The lowest BCUT2D eigenvalue weighted by Gasteiger charge is -2.23. The lowest BCUT2D eigenvalue weighted by atomic mass is 9.80. The number of ether oxygens (including phenoxy) is 1. The van der Waals surface area contributed by atoms with Crippen molar-refractivity contribution >= 4 is 6.29 Å². The Bertz CT molecular complexity index is 428. The van der Waals surface area contributed by atoms with Crippen molar-refractivity contribution in [3.63, 3.8) is 0 Å². The summed E-state index contributed by atoms with van der Waals surface area (Å²) in [5.41, 5.74) is 0.795. The van der Waals surface area contributed by atoms with E-state index in [1.807, 2.05) is 13.8 Å². The Morgan fingerprint density at radius 2 is 1.89 bits per heavy atom. The topological polar surface area (TPSA) is 69.4 Å². The number of rotatable bonds is 7. The van der Waals surface area contributed by atoms with E-state index in [-0.39, 0.29) is 23.3 Å². The molecule has 0 amide bonds. The molecule has 0 aromatic heterocycles. The van der Waals surface area contributed by atoms with Crippen LogP contribution >= 0.6 is 0 Å². The third-order valence-corrected chi connectivity index (χ3v) is 3.28. The van der Waals surface area contributed by atoms with E-state index in [9.17, 15) is 14.9 Å². The highest BCUT2D eigenvalue weighted by Crippen LogP contribution is 2.30. The molecule has 1 aromatic carbocycles. The van der Waals surface area contributed by atoms with E-state index in [4.69, 9.17) is 4.74 Å². The maximum absolute atomic E-state index is 11.2. The largest absolute Gasteiger partial charge is 0.497 e. The van der Waals surface area contributed by atoms with Crippen molar-refractivity contribution in [3.8, 4) is 5.75 Å². The minimum atomic E-state index is -0.404. The van der Waals surface area contributed by atoms with Crippen molar-refractivity contribution in [1.82, 2.24) is 0 Å². The molecular weight excluding hydrogens is 246 g/mol. The zero-order chi connectivity index (χ0) is 14.4. The molecule has 0 N–H and O–H groups in total. The Morgan fingerprint density at radius 3 is 2.26 bits per heavy atom. The first-order valence-corrected chi connectivity index (χ1v) is 6.20. The smallest absolute Gasteiger partial charge is 0.211 e. The van der Waals surface area contributed by atoms with Crippen molar-refractivity contribution in [2.24, 2.45) is 11.8 Å². The summed E-state index contributed by atoms with van der Waals surface area (Å²) in [6.45, 7) is 3.55. The average Bonchev–Trinajstić information content (AvgIpc) is 2.37. The summed E-state index contributed by atoms with van der Waals surface area (Å²) in [7, 11) is 1.56. The van der Waals surface area contributed by atoms with E-state index < -0.39 is 5.92 Å². The van der Waals surface area contributed by atoms with Crippen molar-refractivity contribution in [2.45, 2.75) is 19.8 Å². The molecule has 19 heavy (non-hydrogen) atoms. The van der Waals surface area contributed by atoms with Gasteiger partial charge >= 0.3 is 0 Å². The fourth-order valence-electron chi connectivity index (χ4n) is 2.18. The van der Waals surface area contributed by atoms with Crippen LogP contribution in [0.3, 0.4) is 0 Å². The zero-order valence-corrected chi connectivity index (χ0v) is 11.4. The number of aldehydes is 1. The summed E-state index contributed by atoms with van der Waals surface area (Å²) in [5.74, 6) is -0.0162. The van der Waals surface area contributed by atoms with Gasteiger partial charge in [0.25, 0.3) is 0 Å². The van der Waals surface area contributed by atoms with Crippen LogP contribution in [0.15, 0.2) is 24.3 Å². The van der Waals surface area contributed by atoms with Crippen LogP contribution in [0.25, 0.3) is 0 Å². The molecule has 0 aliphatic carbocycles. The molecule has 0 saturated heterocycles. The van der Waals surface area contributed by atoms with Crippen LogP contribution in [-0.2, 0) is 4.79 Å². The van der Waals surface area contributed by atoms with Crippen LogP contribution in [0.2, 0.25) is 0 Å². The molecule has 5 heteroatoms. The standard InChI is InChI=1S/C14H19NO4/c1-10(2)14(9-16)13(8-15(17)18)11-4-6-12(19-3)7-5-11/h4-7,9-10,13-14H,8H2,1-3H3/t13-,14-/m1/s1. The molecule has 0 aliphatic heterocycles. The van der Waals surface area contributed by atoms with E-state index in [0.29, 0.717) is 5.75 Å². The van der Waals surface area contributed by atoms with Gasteiger partial charge in [-0.25, -0.2) is 0 Å². The lowest BCUT2D eigenvalue weighted by Crippen LogP contribution is -2.26. The fourth-order valence-corrected chi connectivity index (χ4v) is 2.18. The van der Waals surface area contributed by atoms with Gasteiger partial charge < -0.3 is 9.53 Å². The number of hydrogen-bond donors (Lipinski definition) is 0. The number of methoxy groups -OCH3 is 1. The Labute approximate surface area is 112 Å². The summed E-state index contributed by atoms with van der Waals surface area (Å²) in [6.07, 6.45) is 0.822. The molecule has 0 fully saturated rings. The van der Waals surface area contributed by atoms with Gasteiger partial charge in [0.1, 0.15) is 12.0 Å². The fraction of sp³-hybridized carbons (Fsp3) is 0.500. The van der Waals surface area contributed by atoms with Gasteiger partial charge in [-0.1, -0.05) is 26.0 Å². The highest BCUT2D eigenvalue weighted by atomic mass is 16.6. The van der Waals surface area contributed by atoms with Gasteiger partial charge in [0.05, 0.1) is 13.0 Å². The molecule has 2 atom stereocenters. The van der Waals surface area contributed by atoms with Crippen LogP contribution < -0.4 is 4.74 Å². The van der Waals surface area contributed by atoms with Gasteiger partial charge in [0, 0.05) is 10.8 Å². The second kappa shape index (κ2) is 6.87. The highest BCUT2D eigenvalue weighted by molar-refractivity contribution is 5.56. The molecule has 104 valence electrons. The van der Waals surface area contributed by atoms with Gasteiger partial charge in [-0.2, -0.15) is 0 Å². The van der Waals surface area contributed by atoms with Crippen LogP contribution in [0.5, 0.6) is 5.75 Å². The second-order valence-corrected chi connectivity index (χ2v) is 4.85. The van der Waals surface area contributed by atoms with E-state index in [2.05, 4.69) is 0 Å². The number of nitro groups is 1. The minimum absolute atomic E-state index is 0.0598. The molecule has 0 spiro atoms. The maximum Gasteiger partial charge on any atom is 0.211 e. The molecule has 0 radical (unpaired) electrons. The monoisotopic (exact) mass is 265 g/mol. The van der Waals surface area contributed by atoms with E-state index in [1.165, 1.54) is 0 Å². The van der Waals surface area contributed by atoms with Crippen LogP contribution in [-0.4, -0.2) is 24.9 Å². The quantitative estimate of drug-likeness (QED) is 0.431. The van der Waals surface area contributed by atoms with Crippen molar-refractivity contribution in [1.29, 1.82) is 0 Å². The normalized spacial score (nSPS) is 13.9. The van der Waals surface area contributed by atoms with E-state index in [0.717, 1.165) is 11.8 Å². The number of carbonyl (C=O) groups is 1. The zero-order valence-electron chi connectivity index (χ0n) is 11.4. The van der Waals surface area contributed by atoms with Crippen molar-refractivity contribution < 1.29 is 14.5 Å². The van der Waals surface area contributed by atoms with Gasteiger partial charge in [0.2, 0.25) is 6.54 Å². The Hall–Kier alpha value is -1.91. The van der Waals surface area contributed by atoms with E-state index >= 15 is 0 Å². The van der Waals surface area contributed by atoms with Crippen LogP contribution in [0.4, 0.5) is 0 Å². The predicted octanol–water partition coefficient (Wildman–Crippen LogP) is 2.53. The third kappa shape index (κ3) is 4.05. The van der Waals surface area contributed by atoms with Crippen LogP contribution in [0.1, 0.15) is 25.3 Å². The summed E-state index contributed by atoms with van der Waals surface area (Å²) >= 11 is 0. The predicted molar refractivity (Wildman–Crippen MR) is 72.0 cm³/mol. The minimum Gasteiger partial charge on any atom is -0.497 e. The lowest BCUT2D eigenvalue weighted by molar-refractivity contribution is -0.484. The van der Waals surface area contributed by atoms with Gasteiger partial charge in [0.15, 0.2) is 0 Å². The molecule has 0 aliphatic rings. The highest BCUT2D eigenvalue weighted by Gasteiger charge is 2.29. The first kappa shape index (κ1) is 15.1. The first-order chi connectivity index (χ1) is 8.99. The summed E-state index contributed by atoms with van der Waals surface area (Å²) in [6, 6.07) is 7.08. The maximum atomic E-state index is 11.2. The van der Waals surface area contributed by atoms with Crippen LogP contribution in [0, 0.1) is 22.0 Å². The summed E-state index contributed by atoms with van der Waals surface area (Å²) in [4.78, 5) is 21.7. The third-order valence-electron chi connectivity index (χ3n) is 3.28. The van der Waals surface area contributed by atoms with Crippen molar-refractivity contribution in [2.75, 3.05) is 13.7 Å². The average molecular weight is 265 g/mol. The number of carbonyl (C=O) groups excluding carboxylic acids is 1. The second-order valence-electron chi connectivity index (χ2n) is 4.85.